The highest BCUT2D eigenvalue weighted by Gasteiger charge is 2.21. The van der Waals surface area contributed by atoms with Crippen molar-refractivity contribution in [3.8, 4) is 0 Å². The van der Waals surface area contributed by atoms with Gasteiger partial charge in [-0.15, -0.1) is 0 Å². The molecule has 2 N–H and O–H groups in total. The van der Waals surface area contributed by atoms with Gasteiger partial charge in [-0.3, -0.25) is 0 Å². The Hall–Kier alpha value is -1.42. The van der Waals surface area contributed by atoms with Crippen molar-refractivity contribution < 1.29 is 5.11 Å². The summed E-state index contributed by atoms with van der Waals surface area (Å²) in [6, 6.07) is 11.8. The van der Waals surface area contributed by atoms with E-state index in [9.17, 15) is 5.11 Å². The fourth-order valence-electron chi connectivity index (χ4n) is 4.24. The molecule has 0 spiro atoms. The van der Waals surface area contributed by atoms with Crippen LogP contribution in [0, 0.1) is 0 Å². The second-order valence-electron chi connectivity index (χ2n) is 9.43. The summed E-state index contributed by atoms with van der Waals surface area (Å²) in [5, 5.41) is 13.7. The summed E-state index contributed by atoms with van der Waals surface area (Å²) < 4.78 is 0. The van der Waals surface area contributed by atoms with Gasteiger partial charge in [0.05, 0.1) is 6.10 Å². The third kappa shape index (κ3) is 10.6. The van der Waals surface area contributed by atoms with Gasteiger partial charge in [0.1, 0.15) is 0 Å². The lowest BCUT2D eigenvalue weighted by molar-refractivity contribution is 0.0769. The maximum Gasteiger partial charge on any atom is 0.0564 e. The van der Waals surface area contributed by atoms with E-state index >= 15 is 0 Å². The maximum absolute atomic E-state index is 9.81. The van der Waals surface area contributed by atoms with Crippen molar-refractivity contribution >= 4 is 0 Å². The molecule has 0 amide bonds. The molecule has 2 unspecified atom stereocenters. The smallest absolute Gasteiger partial charge is 0.0564 e. The third-order valence-electron chi connectivity index (χ3n) is 6.06. The molecule has 1 aliphatic rings. The quantitative estimate of drug-likeness (QED) is 0.445. The first-order valence-corrected chi connectivity index (χ1v) is 11.9. The van der Waals surface area contributed by atoms with Crippen LogP contribution >= 0.6 is 0 Å². The minimum atomic E-state index is -0.104. The molecule has 0 saturated carbocycles. The molecule has 1 fully saturated rings. The molecule has 1 saturated heterocycles. The highest BCUT2D eigenvalue weighted by atomic mass is 16.3. The predicted molar refractivity (Wildman–Crippen MR) is 130 cm³/mol. The topological polar surface area (TPSA) is 35.5 Å². The number of aliphatic hydroxyl groups excluding tert-OH is 1. The van der Waals surface area contributed by atoms with Gasteiger partial charge in [-0.2, -0.15) is 0 Å². The Labute approximate surface area is 185 Å². The first kappa shape index (κ1) is 24.8. The molecule has 0 radical (unpaired) electrons. The number of allylic oxidation sites excluding steroid dienone is 4. The predicted octanol–water partition coefficient (Wildman–Crippen LogP) is 5.51. The van der Waals surface area contributed by atoms with Crippen LogP contribution in [0.1, 0.15) is 71.8 Å². The molecule has 3 nitrogen and oxygen atoms in total. The number of aliphatic hydroxyl groups is 1. The lowest BCUT2D eigenvalue weighted by Crippen LogP contribution is -2.48. The van der Waals surface area contributed by atoms with Gasteiger partial charge < -0.3 is 15.3 Å². The van der Waals surface area contributed by atoms with Gasteiger partial charge in [-0.05, 0) is 78.2 Å². The summed E-state index contributed by atoms with van der Waals surface area (Å²) in [5.74, 6) is 0. The van der Waals surface area contributed by atoms with E-state index in [0.29, 0.717) is 12.1 Å². The molecular formula is C27H44N2O. The van der Waals surface area contributed by atoms with Crippen LogP contribution in [0.5, 0.6) is 0 Å². The van der Waals surface area contributed by atoms with Gasteiger partial charge in [0.25, 0.3) is 0 Å². The monoisotopic (exact) mass is 412 g/mol. The summed E-state index contributed by atoms with van der Waals surface area (Å²) in [5.41, 5.74) is 4.31. The van der Waals surface area contributed by atoms with Crippen LogP contribution in [0.2, 0.25) is 0 Å². The largest absolute Gasteiger partial charge is 0.393 e. The zero-order valence-corrected chi connectivity index (χ0v) is 19.7. The lowest BCUT2D eigenvalue weighted by Gasteiger charge is -2.34. The van der Waals surface area contributed by atoms with Crippen LogP contribution in [0.3, 0.4) is 0 Å². The fourth-order valence-corrected chi connectivity index (χ4v) is 4.24. The Bertz CT molecular complexity index is 640. The zero-order valence-electron chi connectivity index (χ0n) is 19.7. The molecule has 1 aliphatic heterocycles. The van der Waals surface area contributed by atoms with Gasteiger partial charge in [0.2, 0.25) is 0 Å². The Morgan fingerprint density at radius 1 is 1.10 bits per heavy atom. The van der Waals surface area contributed by atoms with Crippen LogP contribution in [0.15, 0.2) is 53.6 Å². The first-order chi connectivity index (χ1) is 14.4. The third-order valence-corrected chi connectivity index (χ3v) is 6.06. The number of nitrogens with zero attached hydrogens (tertiary/aromatic N) is 1. The number of benzene rings is 1. The molecule has 1 aromatic rings. The van der Waals surface area contributed by atoms with Crippen LogP contribution in [0.25, 0.3) is 0 Å². The summed E-state index contributed by atoms with van der Waals surface area (Å²) in [4.78, 5) is 2.52. The lowest BCUT2D eigenvalue weighted by atomic mass is 10.0. The number of nitrogens with one attached hydrogen (secondary N) is 1. The average Bonchev–Trinajstić information content (AvgIpc) is 2.70. The molecule has 30 heavy (non-hydrogen) atoms. The van der Waals surface area contributed by atoms with Crippen LogP contribution in [-0.4, -0.2) is 47.8 Å². The van der Waals surface area contributed by atoms with Crippen molar-refractivity contribution in [1.82, 2.24) is 10.2 Å². The minimum absolute atomic E-state index is 0.104. The number of hydrogen-bond acceptors (Lipinski definition) is 3. The summed E-state index contributed by atoms with van der Waals surface area (Å²) in [6.45, 7) is 12.0. The van der Waals surface area contributed by atoms with Gasteiger partial charge >= 0.3 is 0 Å². The van der Waals surface area contributed by atoms with Crippen LogP contribution in [-0.2, 0) is 6.42 Å². The molecule has 2 rings (SSSR count). The summed E-state index contributed by atoms with van der Waals surface area (Å²) in [7, 11) is 0. The number of piperidine rings is 1. The van der Waals surface area contributed by atoms with E-state index in [1.165, 1.54) is 29.6 Å². The molecule has 168 valence electrons. The Balaban J connectivity index is 1.83. The molecule has 0 aromatic heterocycles. The second-order valence-corrected chi connectivity index (χ2v) is 9.43. The number of rotatable bonds is 12. The van der Waals surface area contributed by atoms with E-state index < -0.39 is 0 Å². The first-order valence-electron chi connectivity index (χ1n) is 11.9. The van der Waals surface area contributed by atoms with E-state index in [0.717, 1.165) is 51.7 Å². The van der Waals surface area contributed by atoms with Crippen LogP contribution in [0.4, 0.5) is 0 Å². The maximum atomic E-state index is 9.81. The SMILES string of the molecule is CC(C)=CCC/C(C)=C/CCC(C)NC(Cc1ccccc1)CN1CCC(O)CC1. The molecular weight excluding hydrogens is 368 g/mol. The number of likely N-dealkylation sites (tertiary alicyclic amines) is 1. The summed E-state index contributed by atoms with van der Waals surface area (Å²) in [6.07, 6.45) is 12.2. The molecule has 0 bridgehead atoms. The molecule has 0 aliphatic carbocycles. The Morgan fingerprint density at radius 3 is 2.47 bits per heavy atom. The fraction of sp³-hybridized carbons (Fsp3) is 0.630. The second kappa shape index (κ2) is 13.8. The molecule has 1 heterocycles. The van der Waals surface area contributed by atoms with Crippen molar-refractivity contribution in [2.75, 3.05) is 19.6 Å². The summed E-state index contributed by atoms with van der Waals surface area (Å²) >= 11 is 0. The molecule has 3 heteroatoms. The van der Waals surface area contributed by atoms with Crippen molar-refractivity contribution in [3.05, 3.63) is 59.2 Å². The Morgan fingerprint density at radius 2 is 1.80 bits per heavy atom. The molecule has 2 atom stereocenters. The normalized spacial score (nSPS) is 18.2. The van der Waals surface area contributed by atoms with E-state index in [1.54, 1.807) is 0 Å². The Kier molecular flexibility index (Phi) is 11.4. The van der Waals surface area contributed by atoms with E-state index in [1.807, 2.05) is 0 Å². The minimum Gasteiger partial charge on any atom is -0.393 e. The average molecular weight is 413 g/mol. The van der Waals surface area contributed by atoms with Gasteiger partial charge in [-0.1, -0.05) is 53.6 Å². The van der Waals surface area contributed by atoms with E-state index in [-0.39, 0.29) is 6.10 Å². The number of hydrogen-bond donors (Lipinski definition) is 2. The highest BCUT2D eigenvalue weighted by Crippen LogP contribution is 2.14. The van der Waals surface area contributed by atoms with E-state index in [2.05, 4.69) is 80.4 Å². The van der Waals surface area contributed by atoms with Crippen LogP contribution < -0.4 is 5.32 Å². The zero-order chi connectivity index (χ0) is 21.8. The van der Waals surface area contributed by atoms with Crippen molar-refractivity contribution in [1.29, 1.82) is 0 Å². The standard InChI is InChI=1S/C27H44N2O/c1-22(2)10-8-11-23(3)12-9-13-24(4)28-26(20-25-14-6-5-7-15-25)21-29-18-16-27(30)17-19-29/h5-7,10,12,14-15,24,26-28,30H,8-9,11,13,16-21H2,1-4H3/b23-12+. The van der Waals surface area contributed by atoms with Crippen molar-refractivity contribution in [2.45, 2.75) is 90.8 Å². The highest BCUT2D eigenvalue weighted by molar-refractivity contribution is 5.16. The van der Waals surface area contributed by atoms with Gasteiger partial charge in [0, 0.05) is 31.7 Å². The van der Waals surface area contributed by atoms with Crippen molar-refractivity contribution in [2.24, 2.45) is 0 Å². The van der Waals surface area contributed by atoms with E-state index in [4.69, 9.17) is 0 Å². The molecule has 1 aromatic carbocycles. The van der Waals surface area contributed by atoms with Gasteiger partial charge in [0.15, 0.2) is 0 Å². The van der Waals surface area contributed by atoms with Gasteiger partial charge in [-0.25, -0.2) is 0 Å². The van der Waals surface area contributed by atoms with Crippen molar-refractivity contribution in [3.63, 3.8) is 0 Å².